The molecule has 7 heteroatoms. The maximum absolute atomic E-state index is 12.6. The van der Waals surface area contributed by atoms with E-state index in [2.05, 4.69) is 5.32 Å². The Kier molecular flexibility index (Phi) is 4.97. The van der Waals surface area contributed by atoms with Gasteiger partial charge in [0, 0.05) is 18.7 Å². The quantitative estimate of drug-likeness (QED) is 0.713. The molecule has 2 aliphatic rings. The molecule has 6 nitrogen and oxygen atoms in total. The molecule has 136 valence electrons. The van der Waals surface area contributed by atoms with E-state index in [1.165, 1.54) is 38.2 Å². The first-order valence-corrected chi connectivity index (χ1v) is 10.1. The molecule has 2 saturated carbocycles. The lowest BCUT2D eigenvalue weighted by Gasteiger charge is -2.21. The molecule has 0 atom stereocenters. The van der Waals surface area contributed by atoms with Crippen molar-refractivity contribution >= 4 is 21.7 Å². The highest BCUT2D eigenvalue weighted by atomic mass is 32.2. The summed E-state index contributed by atoms with van der Waals surface area (Å²) < 4.78 is 26.2. The molecule has 1 aromatic carbocycles. The average molecular weight is 364 g/mol. The van der Waals surface area contributed by atoms with E-state index in [1.807, 2.05) is 0 Å². The second-order valence-corrected chi connectivity index (χ2v) is 9.15. The first-order chi connectivity index (χ1) is 11.8. The zero-order valence-electron chi connectivity index (χ0n) is 14.6. The summed E-state index contributed by atoms with van der Waals surface area (Å²) in [6, 6.07) is 5.98. The van der Waals surface area contributed by atoms with E-state index in [0.29, 0.717) is 17.4 Å². The SMILES string of the molecule is CC(=O)c1ccc(S(=O)(=O)N(C)CC(=O)NC(C2CC2)C2CC2)cc1. The van der Waals surface area contributed by atoms with E-state index < -0.39 is 10.0 Å². The molecule has 25 heavy (non-hydrogen) atoms. The van der Waals surface area contributed by atoms with Crippen molar-refractivity contribution in [2.24, 2.45) is 11.8 Å². The highest BCUT2D eigenvalue weighted by Crippen LogP contribution is 2.44. The summed E-state index contributed by atoms with van der Waals surface area (Å²) in [5, 5.41) is 3.03. The number of carbonyl (C=O) groups is 2. The van der Waals surface area contributed by atoms with Gasteiger partial charge in [-0.3, -0.25) is 9.59 Å². The standard InChI is InChI=1S/C18H24N2O4S/c1-12(21)13-7-9-16(10-8-13)25(23,24)20(2)11-17(22)19-18(14-3-4-14)15-5-6-15/h7-10,14-15,18H,3-6,11H2,1-2H3,(H,19,22). The third kappa shape index (κ3) is 4.27. The van der Waals surface area contributed by atoms with Gasteiger partial charge < -0.3 is 5.32 Å². The summed E-state index contributed by atoms with van der Waals surface area (Å²) in [4.78, 5) is 23.7. The number of benzene rings is 1. The zero-order chi connectivity index (χ0) is 18.2. The van der Waals surface area contributed by atoms with Gasteiger partial charge in [0.15, 0.2) is 5.78 Å². The number of amides is 1. The number of ketones is 1. The number of nitrogens with one attached hydrogen (secondary N) is 1. The Labute approximate surface area is 148 Å². The topological polar surface area (TPSA) is 83.6 Å². The van der Waals surface area contributed by atoms with Gasteiger partial charge in [0.05, 0.1) is 11.4 Å². The number of sulfonamides is 1. The van der Waals surface area contributed by atoms with Crippen LogP contribution in [-0.4, -0.2) is 44.0 Å². The molecule has 2 aliphatic carbocycles. The number of hydrogen-bond acceptors (Lipinski definition) is 4. The van der Waals surface area contributed by atoms with Gasteiger partial charge in [-0.1, -0.05) is 12.1 Å². The normalized spacial score (nSPS) is 17.8. The molecular formula is C18H24N2O4S. The lowest BCUT2D eigenvalue weighted by atomic mass is 10.1. The van der Waals surface area contributed by atoms with Gasteiger partial charge in [0.1, 0.15) is 0 Å². The van der Waals surface area contributed by atoms with Crippen molar-refractivity contribution in [1.29, 1.82) is 0 Å². The van der Waals surface area contributed by atoms with Crippen LogP contribution in [0.1, 0.15) is 43.0 Å². The minimum absolute atomic E-state index is 0.0775. The first-order valence-electron chi connectivity index (χ1n) is 8.65. The Morgan fingerprint density at radius 1 is 1.12 bits per heavy atom. The van der Waals surface area contributed by atoms with Crippen molar-refractivity contribution in [2.45, 2.75) is 43.5 Å². The van der Waals surface area contributed by atoms with E-state index in [4.69, 9.17) is 0 Å². The van der Waals surface area contributed by atoms with Crippen molar-refractivity contribution in [2.75, 3.05) is 13.6 Å². The van der Waals surface area contributed by atoms with Crippen LogP contribution in [0.2, 0.25) is 0 Å². The summed E-state index contributed by atoms with van der Waals surface area (Å²) in [7, 11) is -2.36. The van der Waals surface area contributed by atoms with Crippen LogP contribution in [0.4, 0.5) is 0 Å². The van der Waals surface area contributed by atoms with Crippen LogP contribution in [0.25, 0.3) is 0 Å². The highest BCUT2D eigenvalue weighted by molar-refractivity contribution is 7.89. The number of carbonyl (C=O) groups excluding carboxylic acids is 2. The Morgan fingerprint density at radius 2 is 1.64 bits per heavy atom. The van der Waals surface area contributed by atoms with Crippen molar-refractivity contribution in [3.8, 4) is 0 Å². The smallest absolute Gasteiger partial charge is 0.243 e. The molecule has 1 N–H and O–H groups in total. The molecule has 0 unspecified atom stereocenters. The fourth-order valence-electron chi connectivity index (χ4n) is 3.09. The van der Waals surface area contributed by atoms with Gasteiger partial charge >= 0.3 is 0 Å². The maximum Gasteiger partial charge on any atom is 0.243 e. The third-order valence-electron chi connectivity index (χ3n) is 4.92. The molecule has 3 rings (SSSR count). The van der Waals surface area contributed by atoms with Crippen molar-refractivity contribution in [1.82, 2.24) is 9.62 Å². The van der Waals surface area contributed by atoms with Crippen LogP contribution in [0.15, 0.2) is 29.2 Å². The van der Waals surface area contributed by atoms with E-state index in [9.17, 15) is 18.0 Å². The molecule has 0 radical (unpaired) electrons. The van der Waals surface area contributed by atoms with Crippen LogP contribution in [0.3, 0.4) is 0 Å². The Hall–Kier alpha value is -1.73. The number of hydrogen-bond donors (Lipinski definition) is 1. The van der Waals surface area contributed by atoms with Gasteiger partial charge in [-0.2, -0.15) is 4.31 Å². The summed E-state index contributed by atoms with van der Waals surface area (Å²) in [5.41, 5.74) is 0.455. The fourth-order valence-corrected chi connectivity index (χ4v) is 4.22. The predicted octanol–water partition coefficient (Wildman–Crippen LogP) is 1.81. The van der Waals surface area contributed by atoms with Gasteiger partial charge in [-0.25, -0.2) is 8.42 Å². The highest BCUT2D eigenvalue weighted by Gasteiger charge is 2.42. The van der Waals surface area contributed by atoms with Gasteiger partial charge in [0.25, 0.3) is 0 Å². The van der Waals surface area contributed by atoms with Gasteiger partial charge in [-0.15, -0.1) is 0 Å². The maximum atomic E-state index is 12.6. The van der Waals surface area contributed by atoms with Crippen LogP contribution in [-0.2, 0) is 14.8 Å². The number of likely N-dealkylation sites (N-methyl/N-ethyl adjacent to an activating group) is 1. The number of nitrogens with zero attached hydrogens (tertiary/aromatic N) is 1. The Balaban J connectivity index is 1.63. The van der Waals surface area contributed by atoms with Crippen molar-refractivity contribution in [3.05, 3.63) is 29.8 Å². The molecule has 1 amide bonds. The predicted molar refractivity (Wildman–Crippen MR) is 93.6 cm³/mol. The molecule has 0 heterocycles. The summed E-state index contributed by atoms with van der Waals surface area (Å²) >= 11 is 0. The molecule has 0 aromatic heterocycles. The molecule has 2 fully saturated rings. The lowest BCUT2D eigenvalue weighted by molar-refractivity contribution is -0.122. The van der Waals surface area contributed by atoms with E-state index in [0.717, 1.165) is 30.0 Å². The summed E-state index contributed by atoms with van der Waals surface area (Å²) in [6.45, 7) is 1.23. The Morgan fingerprint density at radius 3 is 2.08 bits per heavy atom. The van der Waals surface area contributed by atoms with E-state index in [-0.39, 0.29) is 29.2 Å². The molecule has 0 spiro atoms. The van der Waals surface area contributed by atoms with Crippen LogP contribution in [0, 0.1) is 11.8 Å². The second kappa shape index (κ2) is 6.88. The van der Waals surface area contributed by atoms with Crippen LogP contribution >= 0.6 is 0 Å². The minimum Gasteiger partial charge on any atom is -0.352 e. The molecule has 0 saturated heterocycles. The number of rotatable bonds is 8. The largest absolute Gasteiger partial charge is 0.352 e. The fraction of sp³-hybridized carbons (Fsp3) is 0.556. The molecule has 1 aromatic rings. The molecule has 0 bridgehead atoms. The second-order valence-electron chi connectivity index (χ2n) is 7.11. The Bertz CT molecular complexity index is 753. The summed E-state index contributed by atoms with van der Waals surface area (Å²) in [6.07, 6.45) is 4.60. The van der Waals surface area contributed by atoms with Crippen molar-refractivity contribution < 1.29 is 18.0 Å². The molecule has 0 aliphatic heterocycles. The monoisotopic (exact) mass is 364 g/mol. The average Bonchev–Trinajstić information content (AvgIpc) is 3.46. The summed E-state index contributed by atoms with van der Waals surface area (Å²) in [5.74, 6) is 0.757. The van der Waals surface area contributed by atoms with Crippen LogP contribution < -0.4 is 5.32 Å². The zero-order valence-corrected chi connectivity index (χ0v) is 15.4. The van der Waals surface area contributed by atoms with E-state index >= 15 is 0 Å². The minimum atomic E-state index is -3.76. The lowest BCUT2D eigenvalue weighted by Crippen LogP contribution is -2.44. The first kappa shape index (κ1) is 18.1. The number of Topliss-reactive ketones (excluding diaryl/α,β-unsaturated/α-hetero) is 1. The third-order valence-corrected chi connectivity index (χ3v) is 6.74. The van der Waals surface area contributed by atoms with Gasteiger partial charge in [0.2, 0.25) is 15.9 Å². The van der Waals surface area contributed by atoms with Crippen LogP contribution in [0.5, 0.6) is 0 Å². The van der Waals surface area contributed by atoms with Crippen molar-refractivity contribution in [3.63, 3.8) is 0 Å². The van der Waals surface area contributed by atoms with Gasteiger partial charge in [-0.05, 0) is 56.6 Å². The van der Waals surface area contributed by atoms with E-state index in [1.54, 1.807) is 0 Å². The molecular weight excluding hydrogens is 340 g/mol.